The van der Waals surface area contributed by atoms with Gasteiger partial charge in [0.15, 0.2) is 0 Å². The number of Topliss-reactive ketones (excluding diaryl/α,β-unsaturated/α-hetero) is 2. The van der Waals surface area contributed by atoms with E-state index in [1.807, 2.05) is 26.0 Å². The van der Waals surface area contributed by atoms with Crippen molar-refractivity contribution in [2.24, 2.45) is 17.3 Å². The second-order valence-electron chi connectivity index (χ2n) is 5.70. The van der Waals surface area contributed by atoms with Gasteiger partial charge in [0.05, 0.1) is 5.92 Å². The first-order chi connectivity index (χ1) is 7.35. The predicted octanol–water partition coefficient (Wildman–Crippen LogP) is 3.16. The van der Waals surface area contributed by atoms with Crippen LogP contribution in [0.15, 0.2) is 12.2 Å². The van der Waals surface area contributed by atoms with E-state index in [-0.39, 0.29) is 17.0 Å². The Kier molecular flexibility index (Phi) is 4.06. The van der Waals surface area contributed by atoms with Gasteiger partial charge in [0.2, 0.25) is 0 Å². The van der Waals surface area contributed by atoms with Crippen molar-refractivity contribution in [2.45, 2.75) is 47.0 Å². The van der Waals surface area contributed by atoms with Crippen LogP contribution >= 0.6 is 0 Å². The van der Waals surface area contributed by atoms with E-state index in [9.17, 15) is 9.59 Å². The molecule has 1 unspecified atom stereocenters. The molecule has 1 fully saturated rings. The van der Waals surface area contributed by atoms with Crippen molar-refractivity contribution in [3.63, 3.8) is 0 Å². The molecule has 0 amide bonds. The van der Waals surface area contributed by atoms with Crippen molar-refractivity contribution in [1.29, 1.82) is 0 Å². The number of ketones is 2. The van der Waals surface area contributed by atoms with E-state index >= 15 is 0 Å². The average molecular weight is 222 g/mol. The van der Waals surface area contributed by atoms with Gasteiger partial charge in [-0.15, -0.1) is 0 Å². The first-order valence-electron chi connectivity index (χ1n) is 6.09. The fraction of sp³-hybridized carbons (Fsp3) is 0.714. The molecule has 2 nitrogen and oxygen atoms in total. The minimum Gasteiger partial charge on any atom is -0.299 e. The standard InChI is InChI=1S/C14H22O2/c1-5-10(2)6-7-11-12(15)8-14(3,4)9-13(11)16/h6-7,10-11H,5,8-9H2,1-4H3. The van der Waals surface area contributed by atoms with Crippen LogP contribution in [0.4, 0.5) is 0 Å². The minimum absolute atomic E-state index is 0.0841. The Morgan fingerprint density at radius 3 is 2.25 bits per heavy atom. The molecular weight excluding hydrogens is 200 g/mol. The van der Waals surface area contributed by atoms with Crippen LogP contribution in [0.25, 0.3) is 0 Å². The molecular formula is C14H22O2. The lowest BCUT2D eigenvalue weighted by molar-refractivity contribution is -0.137. The zero-order chi connectivity index (χ0) is 12.3. The SMILES string of the molecule is CCC(C)C=CC1C(=O)CC(C)(C)CC1=O. The lowest BCUT2D eigenvalue weighted by Crippen LogP contribution is -2.36. The third-order valence-electron chi connectivity index (χ3n) is 3.28. The van der Waals surface area contributed by atoms with Crippen molar-refractivity contribution in [1.82, 2.24) is 0 Å². The fourth-order valence-electron chi connectivity index (χ4n) is 2.06. The highest BCUT2D eigenvalue weighted by molar-refractivity contribution is 6.06. The molecule has 0 spiro atoms. The molecule has 0 saturated heterocycles. The van der Waals surface area contributed by atoms with Gasteiger partial charge >= 0.3 is 0 Å². The highest BCUT2D eigenvalue weighted by Crippen LogP contribution is 2.34. The van der Waals surface area contributed by atoms with E-state index in [2.05, 4.69) is 13.8 Å². The normalized spacial score (nSPS) is 24.0. The summed E-state index contributed by atoms with van der Waals surface area (Å²) < 4.78 is 0. The zero-order valence-corrected chi connectivity index (χ0v) is 10.7. The van der Waals surface area contributed by atoms with E-state index in [1.165, 1.54) is 0 Å². The summed E-state index contributed by atoms with van der Waals surface area (Å²) in [6.45, 7) is 8.16. The van der Waals surface area contributed by atoms with E-state index in [4.69, 9.17) is 0 Å². The molecule has 1 aliphatic rings. The molecule has 0 heterocycles. The summed E-state index contributed by atoms with van der Waals surface area (Å²) in [4.78, 5) is 23.7. The quantitative estimate of drug-likeness (QED) is 0.543. The molecule has 0 aromatic heterocycles. The van der Waals surface area contributed by atoms with Crippen LogP contribution in [-0.2, 0) is 9.59 Å². The minimum atomic E-state index is -0.470. The number of hydrogen-bond donors (Lipinski definition) is 0. The van der Waals surface area contributed by atoms with Crippen LogP contribution in [0.5, 0.6) is 0 Å². The maximum Gasteiger partial charge on any atom is 0.147 e. The van der Waals surface area contributed by atoms with Gasteiger partial charge in [-0.1, -0.05) is 46.3 Å². The van der Waals surface area contributed by atoms with Crippen LogP contribution in [0, 0.1) is 17.3 Å². The Morgan fingerprint density at radius 1 is 1.31 bits per heavy atom. The van der Waals surface area contributed by atoms with Crippen molar-refractivity contribution >= 4 is 11.6 Å². The summed E-state index contributed by atoms with van der Waals surface area (Å²) in [6, 6.07) is 0. The maximum absolute atomic E-state index is 11.8. The molecule has 2 heteroatoms. The lowest BCUT2D eigenvalue weighted by Gasteiger charge is -2.30. The van der Waals surface area contributed by atoms with Gasteiger partial charge in [-0.2, -0.15) is 0 Å². The van der Waals surface area contributed by atoms with Crippen molar-refractivity contribution in [3.8, 4) is 0 Å². The van der Waals surface area contributed by atoms with Crippen molar-refractivity contribution in [3.05, 3.63) is 12.2 Å². The first-order valence-corrected chi connectivity index (χ1v) is 6.09. The molecule has 0 radical (unpaired) electrons. The lowest BCUT2D eigenvalue weighted by atomic mass is 9.71. The van der Waals surface area contributed by atoms with Gasteiger partial charge in [0.1, 0.15) is 11.6 Å². The average Bonchev–Trinajstić information content (AvgIpc) is 2.14. The summed E-state index contributed by atoms with van der Waals surface area (Å²) in [5.74, 6) is 0.138. The Labute approximate surface area is 98.1 Å². The molecule has 0 N–H and O–H groups in total. The van der Waals surface area contributed by atoms with Crippen LogP contribution in [0.1, 0.15) is 47.0 Å². The van der Waals surface area contributed by atoms with Gasteiger partial charge in [-0.05, 0) is 11.3 Å². The summed E-state index contributed by atoms with van der Waals surface area (Å²) in [5.41, 5.74) is -0.144. The number of carbonyl (C=O) groups is 2. The smallest absolute Gasteiger partial charge is 0.147 e. The highest BCUT2D eigenvalue weighted by Gasteiger charge is 2.37. The second kappa shape index (κ2) is 4.94. The Bertz CT molecular complexity index is 293. The maximum atomic E-state index is 11.8. The predicted molar refractivity (Wildman–Crippen MR) is 65.1 cm³/mol. The Morgan fingerprint density at radius 2 is 1.81 bits per heavy atom. The van der Waals surface area contributed by atoms with E-state index in [1.54, 1.807) is 0 Å². The van der Waals surface area contributed by atoms with Crippen LogP contribution in [0.2, 0.25) is 0 Å². The van der Waals surface area contributed by atoms with Gasteiger partial charge < -0.3 is 0 Å². The summed E-state index contributed by atoms with van der Waals surface area (Å²) >= 11 is 0. The molecule has 1 atom stereocenters. The van der Waals surface area contributed by atoms with Crippen LogP contribution < -0.4 is 0 Å². The van der Waals surface area contributed by atoms with Crippen LogP contribution in [-0.4, -0.2) is 11.6 Å². The van der Waals surface area contributed by atoms with Crippen LogP contribution in [0.3, 0.4) is 0 Å². The van der Waals surface area contributed by atoms with Gasteiger partial charge in [0.25, 0.3) is 0 Å². The molecule has 1 aliphatic carbocycles. The molecule has 1 rings (SSSR count). The summed E-state index contributed by atoms with van der Waals surface area (Å²) in [5, 5.41) is 0. The van der Waals surface area contributed by atoms with Gasteiger partial charge in [-0.25, -0.2) is 0 Å². The molecule has 0 aromatic carbocycles. The second-order valence-corrected chi connectivity index (χ2v) is 5.70. The molecule has 1 saturated carbocycles. The number of allylic oxidation sites excluding steroid dienone is 2. The summed E-state index contributed by atoms with van der Waals surface area (Å²) in [7, 11) is 0. The zero-order valence-electron chi connectivity index (χ0n) is 10.7. The van der Waals surface area contributed by atoms with E-state index in [0.717, 1.165) is 6.42 Å². The van der Waals surface area contributed by atoms with Crippen molar-refractivity contribution in [2.75, 3.05) is 0 Å². The molecule has 0 aliphatic heterocycles. The van der Waals surface area contributed by atoms with Gasteiger partial charge in [0, 0.05) is 12.8 Å². The van der Waals surface area contributed by atoms with Gasteiger partial charge in [-0.3, -0.25) is 9.59 Å². The molecule has 16 heavy (non-hydrogen) atoms. The monoisotopic (exact) mass is 222 g/mol. The fourth-order valence-corrected chi connectivity index (χ4v) is 2.06. The molecule has 0 bridgehead atoms. The highest BCUT2D eigenvalue weighted by atomic mass is 16.2. The summed E-state index contributed by atoms with van der Waals surface area (Å²) in [6.07, 6.45) is 5.90. The first kappa shape index (κ1) is 13.1. The van der Waals surface area contributed by atoms with E-state index < -0.39 is 5.92 Å². The third-order valence-corrected chi connectivity index (χ3v) is 3.28. The molecule has 90 valence electrons. The number of carbonyl (C=O) groups excluding carboxylic acids is 2. The number of hydrogen-bond acceptors (Lipinski definition) is 2. The molecule has 0 aromatic rings. The Balaban J connectivity index is 2.72. The Hall–Kier alpha value is -0.920. The largest absolute Gasteiger partial charge is 0.299 e. The van der Waals surface area contributed by atoms with Crippen molar-refractivity contribution < 1.29 is 9.59 Å². The topological polar surface area (TPSA) is 34.1 Å². The van der Waals surface area contributed by atoms with E-state index in [0.29, 0.717) is 18.8 Å². The third kappa shape index (κ3) is 3.29. The number of rotatable bonds is 3.